The molecule has 154 valence electrons. The Bertz CT molecular complexity index is 1030. The molecule has 2 aromatic rings. The molecule has 0 aliphatic carbocycles. The number of carbonyl (C=O) groups excluding carboxylic acids is 1. The number of benzene rings is 2. The van der Waals surface area contributed by atoms with E-state index in [1.165, 1.54) is 11.8 Å². The summed E-state index contributed by atoms with van der Waals surface area (Å²) in [5.41, 5.74) is 2.23. The fourth-order valence-corrected chi connectivity index (χ4v) is 4.29. The molecule has 0 spiro atoms. The highest BCUT2D eigenvalue weighted by Gasteiger charge is 2.31. The van der Waals surface area contributed by atoms with E-state index in [1.54, 1.807) is 11.0 Å². The highest BCUT2D eigenvalue weighted by molar-refractivity contribution is 8.26. The fraction of sp³-hybridized carbons (Fsp3) is 0.261. The molecular weight excluding hydrogens is 416 g/mol. The molecule has 1 amide bonds. The van der Waals surface area contributed by atoms with Gasteiger partial charge in [0.1, 0.15) is 10.9 Å². The Morgan fingerprint density at radius 3 is 2.70 bits per heavy atom. The molecule has 5 nitrogen and oxygen atoms in total. The number of hydrogen-bond acceptors (Lipinski definition) is 6. The van der Waals surface area contributed by atoms with E-state index >= 15 is 0 Å². The largest absolute Gasteiger partial charge is 0.490 e. The van der Waals surface area contributed by atoms with Crippen molar-refractivity contribution in [1.29, 1.82) is 5.26 Å². The number of carbonyl (C=O) groups is 1. The molecule has 0 saturated carbocycles. The molecule has 1 heterocycles. The lowest BCUT2D eigenvalue weighted by Gasteiger charge is -2.13. The van der Waals surface area contributed by atoms with Crippen LogP contribution in [0.1, 0.15) is 37.0 Å². The maximum absolute atomic E-state index is 12.6. The first-order chi connectivity index (χ1) is 14.6. The topological polar surface area (TPSA) is 62.6 Å². The Kier molecular flexibility index (Phi) is 7.50. The normalized spacial score (nSPS) is 14.8. The Hall–Kier alpha value is -2.82. The van der Waals surface area contributed by atoms with E-state index in [1.807, 2.05) is 56.3 Å². The average Bonchev–Trinajstić information content (AvgIpc) is 3.01. The molecule has 2 aromatic carbocycles. The maximum atomic E-state index is 12.6. The number of rotatable bonds is 8. The number of thiocarbonyl (C=S) groups is 1. The zero-order valence-electron chi connectivity index (χ0n) is 16.9. The van der Waals surface area contributed by atoms with Gasteiger partial charge in [-0.2, -0.15) is 5.26 Å². The Labute approximate surface area is 186 Å². The minimum Gasteiger partial charge on any atom is -0.490 e. The van der Waals surface area contributed by atoms with E-state index in [2.05, 4.69) is 6.07 Å². The first-order valence-electron chi connectivity index (χ1n) is 9.70. The van der Waals surface area contributed by atoms with Crippen LogP contribution in [0.2, 0.25) is 0 Å². The zero-order chi connectivity index (χ0) is 21.5. The van der Waals surface area contributed by atoms with Crippen molar-refractivity contribution in [3.05, 3.63) is 64.1 Å². The summed E-state index contributed by atoms with van der Waals surface area (Å²) in [6.07, 6.45) is 2.68. The molecule has 0 unspecified atom stereocenters. The number of nitriles is 1. The highest BCUT2D eigenvalue weighted by atomic mass is 32.2. The van der Waals surface area contributed by atoms with Crippen molar-refractivity contribution >= 4 is 40.3 Å². The number of amides is 1. The minimum absolute atomic E-state index is 0.0572. The maximum Gasteiger partial charge on any atom is 0.266 e. The van der Waals surface area contributed by atoms with Crippen LogP contribution < -0.4 is 9.47 Å². The second-order valence-corrected chi connectivity index (χ2v) is 8.21. The molecule has 30 heavy (non-hydrogen) atoms. The summed E-state index contributed by atoms with van der Waals surface area (Å²) in [5.74, 6) is 1.11. The van der Waals surface area contributed by atoms with Crippen LogP contribution in [0.25, 0.3) is 6.08 Å². The van der Waals surface area contributed by atoms with E-state index in [0.717, 1.165) is 17.5 Å². The van der Waals surface area contributed by atoms with Gasteiger partial charge in [0.25, 0.3) is 5.91 Å². The monoisotopic (exact) mass is 438 g/mol. The van der Waals surface area contributed by atoms with E-state index in [4.69, 9.17) is 21.7 Å². The molecule has 1 aliphatic rings. The molecule has 0 bridgehead atoms. The third-order valence-corrected chi connectivity index (χ3v) is 5.78. The first kappa shape index (κ1) is 21.9. The molecule has 1 aliphatic heterocycles. The van der Waals surface area contributed by atoms with Gasteiger partial charge in [-0.05, 0) is 43.2 Å². The molecule has 1 saturated heterocycles. The minimum atomic E-state index is -0.0572. The summed E-state index contributed by atoms with van der Waals surface area (Å²) in [7, 11) is 0. The van der Waals surface area contributed by atoms with Crippen molar-refractivity contribution in [3.8, 4) is 17.6 Å². The van der Waals surface area contributed by atoms with E-state index < -0.39 is 0 Å². The summed E-state index contributed by atoms with van der Waals surface area (Å²) < 4.78 is 12.3. The lowest BCUT2D eigenvalue weighted by molar-refractivity contribution is -0.122. The summed E-state index contributed by atoms with van der Waals surface area (Å²) >= 11 is 6.64. The summed E-state index contributed by atoms with van der Waals surface area (Å²) in [6, 6.07) is 15.0. The number of hydrogen-bond donors (Lipinski definition) is 0. The molecule has 1 fully saturated rings. The van der Waals surface area contributed by atoms with Crippen LogP contribution in [-0.2, 0) is 11.4 Å². The quantitative estimate of drug-likeness (QED) is 0.420. The predicted molar refractivity (Wildman–Crippen MR) is 123 cm³/mol. The van der Waals surface area contributed by atoms with E-state index in [0.29, 0.717) is 39.4 Å². The molecule has 7 heteroatoms. The van der Waals surface area contributed by atoms with Gasteiger partial charge < -0.3 is 9.47 Å². The fourth-order valence-electron chi connectivity index (χ4n) is 2.98. The van der Waals surface area contributed by atoms with Gasteiger partial charge in [-0.1, -0.05) is 55.2 Å². The molecule has 0 N–H and O–H groups in total. The molecular formula is C23H22N2O3S2. The van der Waals surface area contributed by atoms with Crippen molar-refractivity contribution in [3.63, 3.8) is 0 Å². The van der Waals surface area contributed by atoms with Crippen LogP contribution in [0, 0.1) is 11.3 Å². The second kappa shape index (κ2) is 10.3. The standard InChI is InChI=1S/C23H22N2O3S2/c1-3-11-25-22(26)21(30-23(25)29)13-16-9-10-19(20(12-16)27-4-2)28-15-18-8-6-5-7-17(18)14-24/h5-10,12-13H,3-4,11,15H2,1-2H3. The third kappa shape index (κ3) is 5.02. The van der Waals surface area contributed by atoms with Crippen LogP contribution in [0.3, 0.4) is 0 Å². The van der Waals surface area contributed by atoms with Gasteiger partial charge in [0.15, 0.2) is 11.5 Å². The van der Waals surface area contributed by atoms with Crippen LogP contribution in [-0.4, -0.2) is 28.3 Å². The molecule has 0 atom stereocenters. The van der Waals surface area contributed by atoms with Gasteiger partial charge in [-0.25, -0.2) is 0 Å². The molecule has 0 radical (unpaired) electrons. The zero-order valence-corrected chi connectivity index (χ0v) is 18.5. The van der Waals surface area contributed by atoms with Crippen LogP contribution in [0.4, 0.5) is 0 Å². The summed E-state index contributed by atoms with van der Waals surface area (Å²) in [6.45, 7) is 5.29. The number of nitrogens with zero attached hydrogens (tertiary/aromatic N) is 2. The lowest BCUT2D eigenvalue weighted by Crippen LogP contribution is -2.28. The van der Waals surface area contributed by atoms with E-state index in [-0.39, 0.29) is 12.5 Å². The van der Waals surface area contributed by atoms with Crippen molar-refractivity contribution < 1.29 is 14.3 Å². The Morgan fingerprint density at radius 1 is 1.17 bits per heavy atom. The van der Waals surface area contributed by atoms with Gasteiger partial charge in [0.05, 0.1) is 23.1 Å². The first-order valence-corrected chi connectivity index (χ1v) is 10.9. The number of thioether (sulfide) groups is 1. The van der Waals surface area contributed by atoms with Crippen molar-refractivity contribution in [2.45, 2.75) is 26.9 Å². The van der Waals surface area contributed by atoms with E-state index in [9.17, 15) is 10.1 Å². The second-order valence-electron chi connectivity index (χ2n) is 6.53. The van der Waals surface area contributed by atoms with Crippen molar-refractivity contribution in [2.24, 2.45) is 0 Å². The van der Waals surface area contributed by atoms with Crippen molar-refractivity contribution in [2.75, 3.05) is 13.2 Å². The van der Waals surface area contributed by atoms with Gasteiger partial charge in [0, 0.05) is 12.1 Å². The molecule has 3 rings (SSSR count). The number of ether oxygens (including phenoxy) is 2. The lowest BCUT2D eigenvalue weighted by atomic mass is 10.1. The SMILES string of the molecule is CCCN1C(=O)C(=Cc2ccc(OCc3ccccc3C#N)c(OCC)c2)SC1=S. The summed E-state index contributed by atoms with van der Waals surface area (Å²) in [4.78, 5) is 14.8. The van der Waals surface area contributed by atoms with Crippen molar-refractivity contribution in [1.82, 2.24) is 4.90 Å². The van der Waals surface area contributed by atoms with Crippen LogP contribution in [0.5, 0.6) is 11.5 Å². The average molecular weight is 439 g/mol. The highest BCUT2D eigenvalue weighted by Crippen LogP contribution is 2.35. The Balaban J connectivity index is 1.81. The van der Waals surface area contributed by atoms with Gasteiger partial charge >= 0.3 is 0 Å². The Morgan fingerprint density at radius 2 is 1.97 bits per heavy atom. The molecule has 0 aromatic heterocycles. The predicted octanol–water partition coefficient (Wildman–Crippen LogP) is 5.15. The van der Waals surface area contributed by atoms with Crippen LogP contribution in [0.15, 0.2) is 47.4 Å². The summed E-state index contributed by atoms with van der Waals surface area (Å²) in [5, 5.41) is 9.24. The smallest absolute Gasteiger partial charge is 0.266 e. The third-order valence-electron chi connectivity index (χ3n) is 4.41. The van der Waals surface area contributed by atoms with Gasteiger partial charge in [-0.15, -0.1) is 0 Å². The van der Waals surface area contributed by atoms with Crippen LogP contribution >= 0.6 is 24.0 Å². The van der Waals surface area contributed by atoms with Gasteiger partial charge in [0.2, 0.25) is 0 Å². The van der Waals surface area contributed by atoms with Gasteiger partial charge in [-0.3, -0.25) is 9.69 Å².